The molecule has 202 valence electrons. The van der Waals surface area contributed by atoms with Gasteiger partial charge in [-0.1, -0.05) is 49.2 Å². The Morgan fingerprint density at radius 2 is 1.85 bits per heavy atom. The number of hydrogen-bond donors (Lipinski definition) is 2. The molecule has 10 nitrogen and oxygen atoms in total. The van der Waals surface area contributed by atoms with Crippen LogP contribution in [0.25, 0.3) is 0 Å². The van der Waals surface area contributed by atoms with Crippen LogP contribution in [0.15, 0.2) is 52.4 Å². The van der Waals surface area contributed by atoms with Crippen molar-refractivity contribution in [2.45, 2.75) is 57.2 Å². The molecule has 0 saturated heterocycles. The summed E-state index contributed by atoms with van der Waals surface area (Å²) in [5, 5.41) is 6.38. The van der Waals surface area contributed by atoms with Crippen molar-refractivity contribution in [2.24, 2.45) is 9.98 Å². The highest BCUT2D eigenvalue weighted by molar-refractivity contribution is 8.14. The molecule has 1 saturated carbocycles. The van der Waals surface area contributed by atoms with E-state index in [9.17, 15) is 14.4 Å². The molecule has 1 aliphatic carbocycles. The van der Waals surface area contributed by atoms with E-state index in [0.29, 0.717) is 28.2 Å². The average Bonchev–Trinajstić information content (AvgIpc) is 3.55. The molecule has 2 aromatic rings. The van der Waals surface area contributed by atoms with E-state index in [2.05, 4.69) is 20.6 Å². The molecule has 0 bridgehead atoms. The van der Waals surface area contributed by atoms with Gasteiger partial charge < -0.3 is 20.1 Å². The van der Waals surface area contributed by atoms with Crippen LogP contribution in [0.5, 0.6) is 11.5 Å². The van der Waals surface area contributed by atoms with Crippen LogP contribution in [-0.2, 0) is 20.9 Å². The number of thioether (sulfide) groups is 1. The third-order valence-corrected chi connectivity index (χ3v) is 8.09. The molecule has 6 rings (SSSR count). The van der Waals surface area contributed by atoms with Gasteiger partial charge in [-0.3, -0.25) is 19.4 Å². The van der Waals surface area contributed by atoms with Gasteiger partial charge in [0.05, 0.1) is 17.9 Å². The van der Waals surface area contributed by atoms with Gasteiger partial charge in [0, 0.05) is 18.2 Å². The molecular formula is C28H29N5O5S. The molecule has 3 aliphatic heterocycles. The number of para-hydroxylation sites is 1. The summed E-state index contributed by atoms with van der Waals surface area (Å²) >= 11 is 1.22. The highest BCUT2D eigenvalue weighted by atomic mass is 32.2. The lowest BCUT2D eigenvalue weighted by molar-refractivity contribution is -0.128. The number of amides is 3. The standard InChI is InChI=1S/C28H29N5O5S/c34-24(29-14-17-10-11-22-23(12-17)38-16-37-22)13-21-27(36)33-26(31-21)19-8-4-5-9-20(19)32-28(33)39-15-25(35)30-18-6-2-1-3-7-18/h4-5,8-12,18,21H,1-3,6-7,13-16H2,(H,29,34)(H,30,35)/t21-/m1/s1. The van der Waals surface area contributed by atoms with Crippen LogP contribution in [0, 0.1) is 0 Å². The van der Waals surface area contributed by atoms with Gasteiger partial charge in [0.1, 0.15) is 11.9 Å². The predicted molar refractivity (Wildman–Crippen MR) is 147 cm³/mol. The van der Waals surface area contributed by atoms with Crippen molar-refractivity contribution in [1.82, 2.24) is 15.5 Å². The Morgan fingerprint density at radius 1 is 1.03 bits per heavy atom. The lowest BCUT2D eigenvalue weighted by Crippen LogP contribution is -2.43. The van der Waals surface area contributed by atoms with Gasteiger partial charge in [-0.2, -0.15) is 0 Å². The van der Waals surface area contributed by atoms with E-state index in [0.717, 1.165) is 36.8 Å². The molecule has 0 aromatic heterocycles. The van der Waals surface area contributed by atoms with Gasteiger partial charge in [-0.25, -0.2) is 9.89 Å². The molecule has 3 amide bonds. The van der Waals surface area contributed by atoms with Crippen LogP contribution in [0.4, 0.5) is 5.69 Å². The maximum Gasteiger partial charge on any atom is 0.259 e. The second-order valence-corrected chi connectivity index (χ2v) is 10.9. The summed E-state index contributed by atoms with van der Waals surface area (Å²) in [5.74, 6) is 1.25. The van der Waals surface area contributed by atoms with E-state index in [4.69, 9.17) is 9.47 Å². The molecule has 2 N–H and O–H groups in total. The van der Waals surface area contributed by atoms with Gasteiger partial charge >= 0.3 is 0 Å². The van der Waals surface area contributed by atoms with E-state index in [-0.39, 0.29) is 49.3 Å². The minimum absolute atomic E-state index is 0.0713. The Balaban J connectivity index is 1.11. The van der Waals surface area contributed by atoms with Gasteiger partial charge in [0.25, 0.3) is 5.91 Å². The molecule has 11 heteroatoms. The summed E-state index contributed by atoms with van der Waals surface area (Å²) in [5.41, 5.74) is 2.27. The number of carbonyl (C=O) groups is 3. The van der Waals surface area contributed by atoms with Crippen LogP contribution >= 0.6 is 11.8 Å². The number of nitrogens with zero attached hydrogens (tertiary/aromatic N) is 3. The van der Waals surface area contributed by atoms with Gasteiger partial charge in [0.15, 0.2) is 16.7 Å². The molecule has 0 unspecified atom stereocenters. The highest BCUT2D eigenvalue weighted by Gasteiger charge is 2.42. The number of amidine groups is 2. The minimum Gasteiger partial charge on any atom is -0.454 e. The smallest absolute Gasteiger partial charge is 0.259 e. The molecule has 3 heterocycles. The van der Waals surface area contributed by atoms with Crippen molar-refractivity contribution in [1.29, 1.82) is 0 Å². The van der Waals surface area contributed by atoms with Crippen LogP contribution in [-0.4, -0.2) is 58.3 Å². The summed E-state index contributed by atoms with van der Waals surface area (Å²) < 4.78 is 10.7. The first-order valence-electron chi connectivity index (χ1n) is 13.2. The number of rotatable bonds is 7. The first kappa shape index (κ1) is 25.4. The van der Waals surface area contributed by atoms with Crippen molar-refractivity contribution in [2.75, 3.05) is 12.5 Å². The zero-order chi connectivity index (χ0) is 26.8. The van der Waals surface area contributed by atoms with Gasteiger partial charge in [0.2, 0.25) is 18.6 Å². The Labute approximate surface area is 230 Å². The summed E-state index contributed by atoms with van der Waals surface area (Å²) in [7, 11) is 0. The predicted octanol–water partition coefficient (Wildman–Crippen LogP) is 3.26. The molecular weight excluding hydrogens is 518 g/mol. The Morgan fingerprint density at radius 3 is 2.72 bits per heavy atom. The van der Waals surface area contributed by atoms with Crippen molar-refractivity contribution in [3.8, 4) is 11.5 Å². The Hall–Kier alpha value is -3.86. The van der Waals surface area contributed by atoms with E-state index < -0.39 is 6.04 Å². The van der Waals surface area contributed by atoms with Crippen LogP contribution in [0.3, 0.4) is 0 Å². The molecule has 39 heavy (non-hydrogen) atoms. The fourth-order valence-corrected chi connectivity index (χ4v) is 5.99. The molecule has 1 fully saturated rings. The zero-order valence-electron chi connectivity index (χ0n) is 21.4. The molecule has 0 spiro atoms. The van der Waals surface area contributed by atoms with Crippen molar-refractivity contribution in [3.63, 3.8) is 0 Å². The summed E-state index contributed by atoms with van der Waals surface area (Å²) in [6, 6.07) is 12.3. The van der Waals surface area contributed by atoms with Crippen molar-refractivity contribution in [3.05, 3.63) is 53.6 Å². The fraction of sp³-hybridized carbons (Fsp3) is 0.393. The fourth-order valence-electron chi connectivity index (χ4n) is 5.18. The highest BCUT2D eigenvalue weighted by Crippen LogP contribution is 2.34. The monoisotopic (exact) mass is 547 g/mol. The second kappa shape index (κ2) is 11.1. The Bertz CT molecular complexity index is 1370. The second-order valence-electron chi connectivity index (χ2n) is 9.91. The quantitative estimate of drug-likeness (QED) is 0.549. The summed E-state index contributed by atoms with van der Waals surface area (Å²) in [6.45, 7) is 0.474. The van der Waals surface area contributed by atoms with Gasteiger partial charge in [-0.05, 0) is 42.7 Å². The van der Waals surface area contributed by atoms with E-state index in [1.807, 2.05) is 36.4 Å². The first-order chi connectivity index (χ1) is 19.0. The molecule has 1 atom stereocenters. The van der Waals surface area contributed by atoms with Crippen molar-refractivity contribution >= 4 is 46.2 Å². The van der Waals surface area contributed by atoms with E-state index in [1.54, 1.807) is 6.07 Å². The Kier molecular flexibility index (Phi) is 7.23. The summed E-state index contributed by atoms with van der Waals surface area (Å²) in [4.78, 5) is 49.7. The largest absolute Gasteiger partial charge is 0.454 e. The van der Waals surface area contributed by atoms with Crippen LogP contribution in [0.2, 0.25) is 0 Å². The minimum atomic E-state index is -0.871. The maximum absolute atomic E-state index is 13.5. The third-order valence-electron chi connectivity index (χ3n) is 7.16. The number of nitrogens with one attached hydrogen (secondary N) is 2. The average molecular weight is 548 g/mol. The number of hydrogen-bond acceptors (Lipinski definition) is 8. The SMILES string of the molecule is O=C(C[C@H]1N=C2c3ccccc3N=C(SCC(=O)NC3CCCCC3)N2C1=O)NCc1ccc2c(c1)OCO2. The number of benzene rings is 2. The zero-order valence-corrected chi connectivity index (χ0v) is 22.2. The van der Waals surface area contributed by atoms with Gasteiger partial charge in [-0.15, -0.1) is 0 Å². The maximum atomic E-state index is 13.5. The van der Waals surface area contributed by atoms with Crippen LogP contribution < -0.4 is 20.1 Å². The molecule has 2 aromatic carbocycles. The lowest BCUT2D eigenvalue weighted by Gasteiger charge is -2.26. The lowest BCUT2D eigenvalue weighted by atomic mass is 9.95. The number of aliphatic imine (C=N–C) groups is 2. The normalized spacial score (nSPS) is 19.6. The van der Waals surface area contributed by atoms with E-state index >= 15 is 0 Å². The third kappa shape index (κ3) is 5.49. The summed E-state index contributed by atoms with van der Waals surface area (Å²) in [6.07, 6.45) is 5.40. The van der Waals surface area contributed by atoms with Crippen LogP contribution in [0.1, 0.15) is 49.7 Å². The van der Waals surface area contributed by atoms with Crippen molar-refractivity contribution < 1.29 is 23.9 Å². The first-order valence-corrected chi connectivity index (χ1v) is 14.2. The molecule has 0 radical (unpaired) electrons. The molecule has 4 aliphatic rings. The topological polar surface area (TPSA) is 122 Å². The number of fused-ring (bicyclic) bond motifs is 4. The number of ether oxygens (including phenoxy) is 2. The number of carbonyl (C=O) groups excluding carboxylic acids is 3. The van der Waals surface area contributed by atoms with E-state index in [1.165, 1.54) is 23.1 Å².